The Morgan fingerprint density at radius 1 is 0.793 bits per heavy atom. The van der Waals surface area contributed by atoms with Crippen molar-refractivity contribution in [3.63, 3.8) is 0 Å². The number of amides is 4. The molecule has 0 unspecified atom stereocenters. The van der Waals surface area contributed by atoms with Crippen molar-refractivity contribution < 1.29 is 33.1 Å². The normalized spacial score (nSPS) is 19.8. The van der Waals surface area contributed by atoms with E-state index in [9.17, 15) is 19.5 Å². The number of ether oxygens (including phenoxy) is 1. The smallest absolute Gasteiger partial charge is 0.264 e. The van der Waals surface area contributed by atoms with E-state index in [1.807, 2.05) is 55.5 Å². The van der Waals surface area contributed by atoms with Crippen LogP contribution in [0.3, 0.4) is 0 Å². The first kappa shape index (κ1) is 40.3. The molecule has 5 aromatic carbocycles. The van der Waals surface area contributed by atoms with Crippen molar-refractivity contribution in [2.45, 2.75) is 56.8 Å². The van der Waals surface area contributed by atoms with Gasteiger partial charge in [0.25, 0.3) is 17.7 Å². The Bertz CT molecular complexity index is 2290. The fraction of sp³-hybridized carbons (Fsp3) is 0.261. The number of anilines is 3. The molecule has 10 nitrogen and oxygen atoms in total. The third kappa shape index (κ3) is 8.22. The van der Waals surface area contributed by atoms with Crippen LogP contribution in [0.15, 0.2) is 133 Å². The molecule has 1 fully saturated rings. The molecule has 4 atom stereocenters. The van der Waals surface area contributed by atoms with Gasteiger partial charge in [0.05, 0.1) is 31.4 Å². The first-order chi connectivity index (χ1) is 27.9. The van der Waals surface area contributed by atoms with Crippen molar-refractivity contribution in [3.05, 3.63) is 161 Å². The van der Waals surface area contributed by atoms with Gasteiger partial charge in [0.15, 0.2) is 5.60 Å². The Kier molecular flexibility index (Phi) is 11.7. The van der Waals surface area contributed by atoms with Gasteiger partial charge in [-0.2, -0.15) is 0 Å². The van der Waals surface area contributed by atoms with Crippen molar-refractivity contribution in [1.82, 2.24) is 4.90 Å². The Morgan fingerprint density at radius 2 is 1.36 bits per heavy atom. The third-order valence-electron chi connectivity index (χ3n) is 11.1. The number of hydrogen-bond acceptors (Lipinski definition) is 6. The maximum absolute atomic E-state index is 16.7. The predicted molar refractivity (Wildman–Crippen MR) is 224 cm³/mol. The predicted octanol–water partition coefficient (Wildman–Crippen LogP) is 7.92. The number of carbonyl (C=O) groups excluding carboxylic acids is 4. The summed E-state index contributed by atoms with van der Waals surface area (Å²) in [4.78, 5) is 58.7. The standard InChI is InChI=1S/C46H47FN4O6Si/c1-31-42(58(2,3)47)40(28-41(53)50(24-25-52)29-32-14-7-4-8-15-32)57-46(31)38-27-37(49-44(55)35-19-11-6-12-20-35)22-23-39(38)51(45(46)56)30-33-16-13-21-36(26-33)48-43(54)34-17-9-5-10-18-34/h4-23,26-27,31,40,42,52H,24-25,28-30H2,1-3H3,(H,48,54)(H,49,55)/t31-,40+,42-,46+/m1/s1. The number of nitrogens with zero attached hydrogens (tertiary/aromatic N) is 2. The highest BCUT2D eigenvalue weighted by atomic mass is 28.4. The molecule has 3 N–H and O–H groups in total. The summed E-state index contributed by atoms with van der Waals surface area (Å²) in [6.45, 7) is 5.14. The Hall–Kier alpha value is -5.95. The molecule has 12 heteroatoms. The van der Waals surface area contributed by atoms with Crippen LogP contribution >= 0.6 is 0 Å². The number of rotatable bonds is 13. The minimum atomic E-state index is -3.65. The highest BCUT2D eigenvalue weighted by Gasteiger charge is 2.67. The molecule has 1 saturated heterocycles. The fourth-order valence-electron chi connectivity index (χ4n) is 8.52. The minimum absolute atomic E-state index is 0.0765. The highest BCUT2D eigenvalue weighted by Crippen LogP contribution is 2.60. The minimum Gasteiger partial charge on any atom is -0.395 e. The summed E-state index contributed by atoms with van der Waals surface area (Å²) >= 11 is 0. The Morgan fingerprint density at radius 3 is 1.95 bits per heavy atom. The topological polar surface area (TPSA) is 128 Å². The van der Waals surface area contributed by atoms with Gasteiger partial charge in [-0.05, 0) is 78.8 Å². The van der Waals surface area contributed by atoms with E-state index in [2.05, 4.69) is 10.6 Å². The van der Waals surface area contributed by atoms with E-state index in [0.29, 0.717) is 33.8 Å². The zero-order chi connectivity index (χ0) is 41.0. The summed E-state index contributed by atoms with van der Waals surface area (Å²) in [7, 11) is -3.65. The van der Waals surface area contributed by atoms with Gasteiger partial charge in [-0.15, -0.1) is 0 Å². The van der Waals surface area contributed by atoms with Crippen LogP contribution in [-0.4, -0.2) is 61.3 Å². The maximum Gasteiger partial charge on any atom is 0.264 e. The maximum atomic E-state index is 16.7. The van der Waals surface area contributed by atoms with E-state index in [1.165, 1.54) is 4.90 Å². The van der Waals surface area contributed by atoms with E-state index in [1.54, 1.807) is 103 Å². The molecule has 2 heterocycles. The molecule has 5 aromatic rings. The summed E-state index contributed by atoms with van der Waals surface area (Å²) in [5, 5.41) is 15.8. The summed E-state index contributed by atoms with van der Waals surface area (Å²) in [6.07, 6.45) is -1.15. The average molecular weight is 799 g/mol. The van der Waals surface area contributed by atoms with E-state index in [0.717, 1.165) is 11.1 Å². The molecule has 4 amide bonds. The van der Waals surface area contributed by atoms with E-state index in [4.69, 9.17) is 4.74 Å². The molecule has 1 spiro atoms. The summed E-state index contributed by atoms with van der Waals surface area (Å²) in [6, 6.07) is 39.5. The van der Waals surface area contributed by atoms with Gasteiger partial charge in [0, 0.05) is 52.6 Å². The lowest BCUT2D eigenvalue weighted by Crippen LogP contribution is -2.45. The molecule has 0 aromatic heterocycles. The lowest BCUT2D eigenvalue weighted by atomic mass is 9.82. The van der Waals surface area contributed by atoms with Crippen LogP contribution < -0.4 is 15.5 Å². The zero-order valence-electron chi connectivity index (χ0n) is 32.7. The largest absolute Gasteiger partial charge is 0.395 e. The van der Waals surface area contributed by atoms with Gasteiger partial charge in [-0.1, -0.05) is 85.8 Å². The van der Waals surface area contributed by atoms with Crippen molar-refractivity contribution in [3.8, 4) is 0 Å². The van der Waals surface area contributed by atoms with Crippen molar-refractivity contribution in [2.24, 2.45) is 5.92 Å². The molecular formula is C46H47FN4O6Si. The van der Waals surface area contributed by atoms with Crippen LogP contribution in [0.2, 0.25) is 18.6 Å². The second kappa shape index (κ2) is 16.9. The van der Waals surface area contributed by atoms with Crippen molar-refractivity contribution in [1.29, 1.82) is 0 Å². The summed E-state index contributed by atoms with van der Waals surface area (Å²) in [5.74, 6) is -2.05. The number of halogens is 1. The number of carbonyl (C=O) groups is 4. The van der Waals surface area contributed by atoms with Gasteiger partial charge < -0.3 is 34.4 Å². The van der Waals surface area contributed by atoms with Crippen molar-refractivity contribution in [2.75, 3.05) is 28.7 Å². The summed E-state index contributed by atoms with van der Waals surface area (Å²) in [5.41, 5.74) is 2.07. The SMILES string of the molecule is C[C@@H]1[C@@H]([Si](C)(C)F)[C@H](CC(=O)N(CCO)Cc2ccccc2)O[C@@]12C(=O)N(Cc1cccc(NC(=O)c3ccccc3)c1)c1ccc(NC(=O)c3ccccc3)cc12. The third-order valence-corrected chi connectivity index (χ3v) is 13.6. The molecule has 2 aliphatic heterocycles. The fourth-order valence-corrected chi connectivity index (χ4v) is 11.0. The second-order valence-electron chi connectivity index (χ2n) is 15.5. The highest BCUT2D eigenvalue weighted by molar-refractivity contribution is 6.72. The van der Waals surface area contributed by atoms with Crippen LogP contribution in [-0.2, 0) is 33.0 Å². The molecule has 0 bridgehead atoms. The quantitative estimate of drug-likeness (QED) is 0.0821. The number of aliphatic hydroxyl groups excluding tert-OH is 1. The Balaban J connectivity index is 1.24. The van der Waals surface area contributed by atoms with Gasteiger partial charge in [0.2, 0.25) is 14.3 Å². The van der Waals surface area contributed by atoms with E-state index < -0.39 is 37.5 Å². The molecule has 0 aliphatic carbocycles. The number of hydrogen-bond donors (Lipinski definition) is 3. The van der Waals surface area contributed by atoms with Crippen LogP contribution in [0.1, 0.15) is 50.8 Å². The van der Waals surface area contributed by atoms with Crippen LogP contribution in [0.25, 0.3) is 0 Å². The molecule has 0 radical (unpaired) electrons. The number of fused-ring (bicyclic) bond motifs is 2. The lowest BCUT2D eigenvalue weighted by molar-refractivity contribution is -0.150. The van der Waals surface area contributed by atoms with Gasteiger partial charge in [-0.25, -0.2) is 0 Å². The molecule has 0 saturated carbocycles. The number of benzene rings is 5. The summed E-state index contributed by atoms with van der Waals surface area (Å²) < 4.78 is 23.6. The first-order valence-corrected chi connectivity index (χ1v) is 22.4. The number of nitrogens with one attached hydrogen (secondary N) is 2. The monoisotopic (exact) mass is 798 g/mol. The zero-order valence-corrected chi connectivity index (χ0v) is 33.7. The van der Waals surface area contributed by atoms with E-state index >= 15 is 8.90 Å². The number of aliphatic hydroxyl groups is 1. The van der Waals surface area contributed by atoms with Crippen molar-refractivity contribution >= 4 is 49.1 Å². The van der Waals surface area contributed by atoms with Gasteiger partial charge >= 0.3 is 0 Å². The molecule has 2 aliphatic rings. The van der Waals surface area contributed by atoms with Crippen LogP contribution in [0, 0.1) is 5.92 Å². The average Bonchev–Trinajstić information content (AvgIpc) is 3.64. The first-order valence-electron chi connectivity index (χ1n) is 19.5. The lowest BCUT2D eigenvalue weighted by Gasteiger charge is -2.31. The van der Waals surface area contributed by atoms with Crippen LogP contribution in [0.4, 0.5) is 21.2 Å². The van der Waals surface area contributed by atoms with Gasteiger partial charge in [0.1, 0.15) is 0 Å². The molecule has 298 valence electrons. The van der Waals surface area contributed by atoms with Gasteiger partial charge in [-0.3, -0.25) is 19.2 Å². The van der Waals surface area contributed by atoms with E-state index in [-0.39, 0.29) is 50.4 Å². The molecule has 7 rings (SSSR count). The molecule has 58 heavy (non-hydrogen) atoms. The Labute approximate surface area is 338 Å². The van der Waals surface area contributed by atoms with Crippen LogP contribution in [0.5, 0.6) is 0 Å². The second-order valence-corrected chi connectivity index (χ2v) is 19.3. The molecular weight excluding hydrogens is 752 g/mol.